The fourth-order valence-electron chi connectivity index (χ4n) is 5.61. The molecule has 2 aliphatic carbocycles. The largest absolute Gasteiger partial charge is 0.490 e. The quantitative estimate of drug-likeness (QED) is 0.233. The van der Waals surface area contributed by atoms with E-state index in [1.807, 2.05) is 51.1 Å². The highest BCUT2D eigenvalue weighted by Crippen LogP contribution is 2.46. The number of carbonyl (C=O) groups is 2. The lowest BCUT2D eigenvalue weighted by atomic mass is 9.69. The van der Waals surface area contributed by atoms with E-state index in [-0.39, 0.29) is 40.7 Å². The average Bonchev–Trinajstić information content (AvgIpc) is 3.23. The summed E-state index contributed by atoms with van der Waals surface area (Å²) in [5.41, 5.74) is 0.499. The second kappa shape index (κ2) is 12.6. The molecule has 1 aromatic carbocycles. The van der Waals surface area contributed by atoms with Gasteiger partial charge in [0.2, 0.25) is 0 Å². The lowest BCUT2D eigenvalue weighted by Gasteiger charge is -2.37. The molecule has 6 atom stereocenters. The van der Waals surface area contributed by atoms with Crippen LogP contribution in [0.3, 0.4) is 0 Å². The molecule has 222 valence electrons. The number of rotatable bonds is 10. The van der Waals surface area contributed by atoms with Crippen LogP contribution < -0.4 is 10.1 Å². The third-order valence-electron chi connectivity index (χ3n) is 8.72. The molecule has 1 aromatic rings. The molecule has 7 heteroatoms. The summed E-state index contributed by atoms with van der Waals surface area (Å²) in [4.78, 5) is 25.2. The summed E-state index contributed by atoms with van der Waals surface area (Å²) in [5, 5.41) is 3.11. The molecule has 3 rings (SSSR count). The zero-order valence-corrected chi connectivity index (χ0v) is 27.1. The van der Waals surface area contributed by atoms with Crippen molar-refractivity contribution in [1.82, 2.24) is 5.32 Å². The standard InChI is InChI=1S/C33H51NO5Si/c1-11-24-14-15-25-16-19-28(30(25)29(24)22(2)35)38-27-17-12-23(13-18-27)20-26(34-31(36)39-32(3,4)5)21-37-40(9,10)33(6,7)8/h11-15,17-18,24-26,28-30H,1,16,19-21H2,2-10H3,(H,34,36)/t24-,25-,26-,28-,29-,30+/m0/s1. The highest BCUT2D eigenvalue weighted by molar-refractivity contribution is 6.74. The second-order valence-corrected chi connectivity index (χ2v) is 18.9. The number of Topliss-reactive ketones (excluding diaryl/α,β-unsaturated/α-hetero) is 1. The Balaban J connectivity index is 1.70. The molecule has 40 heavy (non-hydrogen) atoms. The summed E-state index contributed by atoms with van der Waals surface area (Å²) < 4.78 is 18.5. The Morgan fingerprint density at radius 2 is 1.73 bits per heavy atom. The van der Waals surface area contributed by atoms with Gasteiger partial charge in [0.05, 0.1) is 12.6 Å². The van der Waals surface area contributed by atoms with Crippen LogP contribution in [0.4, 0.5) is 4.79 Å². The smallest absolute Gasteiger partial charge is 0.407 e. The number of fused-ring (bicyclic) bond motifs is 1. The summed E-state index contributed by atoms with van der Waals surface area (Å²) in [6.45, 7) is 22.7. The monoisotopic (exact) mass is 569 g/mol. The van der Waals surface area contributed by atoms with Crippen LogP contribution in [-0.2, 0) is 20.4 Å². The van der Waals surface area contributed by atoms with E-state index in [0.29, 0.717) is 18.9 Å². The van der Waals surface area contributed by atoms with Gasteiger partial charge in [-0.1, -0.05) is 51.1 Å². The summed E-state index contributed by atoms with van der Waals surface area (Å²) in [7, 11) is -2.00. The summed E-state index contributed by atoms with van der Waals surface area (Å²) in [6.07, 6.45) is 8.43. The maximum absolute atomic E-state index is 12.6. The van der Waals surface area contributed by atoms with Gasteiger partial charge in [-0.15, -0.1) is 6.58 Å². The van der Waals surface area contributed by atoms with E-state index in [1.165, 1.54) is 0 Å². The molecule has 1 fully saturated rings. The number of allylic oxidation sites excluding steroid dienone is 3. The van der Waals surface area contributed by atoms with Gasteiger partial charge in [0.1, 0.15) is 23.2 Å². The molecule has 0 saturated heterocycles. The van der Waals surface area contributed by atoms with E-state index < -0.39 is 20.0 Å². The van der Waals surface area contributed by atoms with Crippen LogP contribution in [0.2, 0.25) is 18.1 Å². The topological polar surface area (TPSA) is 73.9 Å². The molecule has 0 heterocycles. The number of ketones is 1. The van der Waals surface area contributed by atoms with Crippen molar-refractivity contribution in [3.63, 3.8) is 0 Å². The average molecular weight is 570 g/mol. The highest BCUT2D eigenvalue weighted by Gasteiger charge is 2.47. The number of benzene rings is 1. The van der Waals surface area contributed by atoms with Gasteiger partial charge in [-0.2, -0.15) is 0 Å². The Bertz CT molecular complexity index is 1070. The summed E-state index contributed by atoms with van der Waals surface area (Å²) in [5.74, 6) is 1.53. The molecule has 0 aliphatic heterocycles. The first-order valence-corrected chi connectivity index (χ1v) is 17.6. The van der Waals surface area contributed by atoms with Crippen LogP contribution in [0.15, 0.2) is 49.1 Å². The first-order valence-electron chi connectivity index (χ1n) is 14.7. The van der Waals surface area contributed by atoms with Crippen molar-refractivity contribution in [3.05, 3.63) is 54.6 Å². The Labute approximate surface area is 243 Å². The molecular formula is C33H51NO5Si. The van der Waals surface area contributed by atoms with E-state index in [4.69, 9.17) is 13.9 Å². The minimum absolute atomic E-state index is 0.00304. The van der Waals surface area contributed by atoms with Gasteiger partial charge in [0.25, 0.3) is 0 Å². The van der Waals surface area contributed by atoms with Gasteiger partial charge >= 0.3 is 6.09 Å². The van der Waals surface area contributed by atoms with E-state index in [1.54, 1.807) is 6.92 Å². The van der Waals surface area contributed by atoms with Crippen molar-refractivity contribution in [2.24, 2.45) is 23.7 Å². The van der Waals surface area contributed by atoms with Crippen LogP contribution in [0.1, 0.15) is 66.9 Å². The van der Waals surface area contributed by atoms with Crippen molar-refractivity contribution in [3.8, 4) is 5.75 Å². The molecule has 0 aromatic heterocycles. The normalized spacial score (nSPS) is 25.6. The molecule has 2 aliphatic rings. The molecule has 1 N–H and O–H groups in total. The number of nitrogens with one attached hydrogen (secondary N) is 1. The predicted octanol–water partition coefficient (Wildman–Crippen LogP) is 7.50. The van der Waals surface area contributed by atoms with Crippen LogP contribution in [0.25, 0.3) is 0 Å². The van der Waals surface area contributed by atoms with E-state index in [2.05, 4.69) is 57.9 Å². The van der Waals surface area contributed by atoms with E-state index in [0.717, 1.165) is 24.2 Å². The van der Waals surface area contributed by atoms with Crippen LogP contribution in [0, 0.1) is 23.7 Å². The van der Waals surface area contributed by atoms with Crippen molar-refractivity contribution < 1.29 is 23.5 Å². The molecule has 0 unspecified atom stereocenters. The van der Waals surface area contributed by atoms with E-state index >= 15 is 0 Å². The lowest BCUT2D eigenvalue weighted by Crippen LogP contribution is -2.48. The van der Waals surface area contributed by atoms with Crippen LogP contribution >= 0.6 is 0 Å². The van der Waals surface area contributed by atoms with Crippen molar-refractivity contribution in [1.29, 1.82) is 0 Å². The predicted molar refractivity (Wildman–Crippen MR) is 164 cm³/mol. The Kier molecular flexibility index (Phi) is 10.2. The fraction of sp³-hybridized carbons (Fsp3) is 0.636. The number of amides is 1. The number of carbonyl (C=O) groups excluding carboxylic acids is 2. The number of ether oxygens (including phenoxy) is 2. The van der Waals surface area contributed by atoms with Gasteiger partial charge in [0, 0.05) is 17.8 Å². The third-order valence-corrected chi connectivity index (χ3v) is 13.2. The highest BCUT2D eigenvalue weighted by atomic mass is 28.4. The van der Waals surface area contributed by atoms with Crippen molar-refractivity contribution >= 4 is 20.2 Å². The summed E-state index contributed by atoms with van der Waals surface area (Å²) >= 11 is 0. The van der Waals surface area contributed by atoms with Gasteiger partial charge in [-0.05, 0) is 88.7 Å². The van der Waals surface area contributed by atoms with Gasteiger partial charge < -0.3 is 19.2 Å². The lowest BCUT2D eigenvalue weighted by molar-refractivity contribution is -0.125. The Hall–Kier alpha value is -2.38. The maximum Gasteiger partial charge on any atom is 0.407 e. The minimum Gasteiger partial charge on any atom is -0.490 e. The Morgan fingerprint density at radius 1 is 1.07 bits per heavy atom. The second-order valence-electron chi connectivity index (χ2n) is 14.1. The third kappa shape index (κ3) is 8.32. The zero-order chi connectivity index (χ0) is 29.9. The van der Waals surface area contributed by atoms with Gasteiger partial charge in [-0.3, -0.25) is 4.79 Å². The first-order chi connectivity index (χ1) is 18.5. The molecular weight excluding hydrogens is 518 g/mol. The Morgan fingerprint density at radius 3 is 2.27 bits per heavy atom. The molecule has 0 bridgehead atoms. The molecule has 1 amide bonds. The van der Waals surface area contributed by atoms with Crippen molar-refractivity contribution in [2.75, 3.05) is 6.61 Å². The minimum atomic E-state index is -2.00. The SMILES string of the molecule is C=C[C@H]1C=C[C@H]2CC[C@H](Oc3ccc(C[C@@H](CO[Si](C)(C)C(C)(C)C)NC(=O)OC(C)(C)C)cc3)[C@@H]2[C@H]1C(C)=O. The number of hydrogen-bond acceptors (Lipinski definition) is 5. The summed E-state index contributed by atoms with van der Waals surface area (Å²) in [6, 6.07) is 7.86. The number of hydrogen-bond donors (Lipinski definition) is 1. The fourth-order valence-corrected chi connectivity index (χ4v) is 6.66. The molecule has 0 spiro atoms. The van der Waals surface area contributed by atoms with Gasteiger partial charge in [-0.25, -0.2) is 4.79 Å². The van der Waals surface area contributed by atoms with E-state index in [9.17, 15) is 9.59 Å². The van der Waals surface area contributed by atoms with Gasteiger partial charge in [0.15, 0.2) is 8.32 Å². The molecule has 6 nitrogen and oxygen atoms in total. The maximum atomic E-state index is 12.6. The zero-order valence-electron chi connectivity index (χ0n) is 26.1. The number of alkyl carbamates (subject to hydrolysis) is 1. The van der Waals surface area contributed by atoms with Crippen molar-refractivity contribution in [2.45, 2.75) is 104 Å². The first kappa shape index (κ1) is 32.1. The molecule has 0 radical (unpaired) electrons. The van der Waals surface area contributed by atoms with Crippen LogP contribution in [-0.4, -0.2) is 44.5 Å². The molecule has 1 saturated carbocycles. The van der Waals surface area contributed by atoms with Crippen LogP contribution in [0.5, 0.6) is 5.75 Å².